The first kappa shape index (κ1) is 19.2. The molecule has 1 amide bonds. The number of nitrogens with zero attached hydrogens (tertiary/aromatic N) is 5. The number of amides is 1. The van der Waals surface area contributed by atoms with Gasteiger partial charge >= 0.3 is 0 Å². The fraction of sp³-hybridized carbons (Fsp3) is 0.765. The van der Waals surface area contributed by atoms with Crippen molar-refractivity contribution in [3.8, 4) is 0 Å². The van der Waals surface area contributed by atoms with Crippen molar-refractivity contribution in [2.24, 2.45) is 17.5 Å². The van der Waals surface area contributed by atoms with Crippen molar-refractivity contribution in [3.63, 3.8) is 0 Å². The molecule has 1 heterocycles. The van der Waals surface area contributed by atoms with E-state index in [2.05, 4.69) is 25.8 Å². The average molecular weight is 349 g/mol. The molecule has 8 heteroatoms. The molecule has 2 rings (SSSR count). The molecule has 1 aliphatic rings. The SMILES string of the molecule is CCNC(=NCc1nnc(C)n1C)NCC1(C(=O)N(C)C)CCCC1. The number of aryl methyl sites for hydroxylation is 1. The highest BCUT2D eigenvalue weighted by Crippen LogP contribution is 2.38. The second-order valence-electron chi connectivity index (χ2n) is 6.96. The van der Waals surface area contributed by atoms with Gasteiger partial charge in [0.2, 0.25) is 5.91 Å². The summed E-state index contributed by atoms with van der Waals surface area (Å²) in [7, 11) is 5.60. The van der Waals surface area contributed by atoms with Crippen LogP contribution in [0.1, 0.15) is 44.3 Å². The lowest BCUT2D eigenvalue weighted by Gasteiger charge is -2.31. The van der Waals surface area contributed by atoms with E-state index in [1.807, 2.05) is 39.6 Å². The fourth-order valence-electron chi connectivity index (χ4n) is 3.33. The Hall–Kier alpha value is -2.12. The number of nitrogens with one attached hydrogen (secondary N) is 2. The molecule has 1 aromatic heterocycles. The Bertz CT molecular complexity index is 615. The lowest BCUT2D eigenvalue weighted by atomic mass is 9.84. The van der Waals surface area contributed by atoms with Gasteiger partial charge in [-0.2, -0.15) is 0 Å². The number of aliphatic imine (C=N–C) groups is 1. The number of aromatic nitrogens is 3. The van der Waals surface area contributed by atoms with Crippen molar-refractivity contribution in [1.29, 1.82) is 0 Å². The van der Waals surface area contributed by atoms with Crippen LogP contribution in [0.4, 0.5) is 0 Å². The highest BCUT2D eigenvalue weighted by Gasteiger charge is 2.42. The fourth-order valence-corrected chi connectivity index (χ4v) is 3.33. The second-order valence-corrected chi connectivity index (χ2v) is 6.96. The summed E-state index contributed by atoms with van der Waals surface area (Å²) in [6, 6.07) is 0. The van der Waals surface area contributed by atoms with Crippen LogP contribution in [-0.2, 0) is 18.4 Å². The van der Waals surface area contributed by atoms with Gasteiger partial charge in [0.25, 0.3) is 0 Å². The molecular weight excluding hydrogens is 318 g/mol. The van der Waals surface area contributed by atoms with E-state index in [1.165, 1.54) is 0 Å². The van der Waals surface area contributed by atoms with E-state index in [0.29, 0.717) is 19.0 Å². The third kappa shape index (κ3) is 4.49. The van der Waals surface area contributed by atoms with Gasteiger partial charge in [0.1, 0.15) is 12.4 Å². The summed E-state index contributed by atoms with van der Waals surface area (Å²) in [5.74, 6) is 2.59. The largest absolute Gasteiger partial charge is 0.357 e. The molecule has 0 spiro atoms. The average Bonchev–Trinajstić information content (AvgIpc) is 3.19. The van der Waals surface area contributed by atoms with E-state index in [9.17, 15) is 4.79 Å². The van der Waals surface area contributed by atoms with Gasteiger partial charge in [-0.15, -0.1) is 10.2 Å². The molecule has 1 fully saturated rings. The van der Waals surface area contributed by atoms with E-state index in [-0.39, 0.29) is 11.3 Å². The molecule has 0 aromatic carbocycles. The molecule has 2 N–H and O–H groups in total. The summed E-state index contributed by atoms with van der Waals surface area (Å²) in [6.07, 6.45) is 4.07. The van der Waals surface area contributed by atoms with Crippen molar-refractivity contribution in [1.82, 2.24) is 30.3 Å². The zero-order chi connectivity index (χ0) is 18.4. The van der Waals surface area contributed by atoms with Gasteiger partial charge in [0.15, 0.2) is 11.8 Å². The Morgan fingerprint density at radius 2 is 1.96 bits per heavy atom. The number of carbonyl (C=O) groups is 1. The van der Waals surface area contributed by atoms with Crippen molar-refractivity contribution in [3.05, 3.63) is 11.6 Å². The maximum Gasteiger partial charge on any atom is 0.230 e. The van der Waals surface area contributed by atoms with Crippen molar-refractivity contribution < 1.29 is 4.79 Å². The first-order chi connectivity index (χ1) is 11.9. The summed E-state index contributed by atoms with van der Waals surface area (Å²) in [6.45, 7) is 5.76. The highest BCUT2D eigenvalue weighted by molar-refractivity contribution is 5.85. The summed E-state index contributed by atoms with van der Waals surface area (Å²) < 4.78 is 1.93. The molecule has 8 nitrogen and oxygen atoms in total. The van der Waals surface area contributed by atoms with Crippen LogP contribution in [0.3, 0.4) is 0 Å². The zero-order valence-electron chi connectivity index (χ0n) is 16.1. The zero-order valence-corrected chi connectivity index (χ0v) is 16.1. The van der Waals surface area contributed by atoms with E-state index < -0.39 is 0 Å². The quantitative estimate of drug-likeness (QED) is 0.587. The number of rotatable bonds is 6. The van der Waals surface area contributed by atoms with Crippen LogP contribution in [0.5, 0.6) is 0 Å². The van der Waals surface area contributed by atoms with Crippen LogP contribution in [0.25, 0.3) is 0 Å². The predicted molar refractivity (Wildman–Crippen MR) is 98.2 cm³/mol. The van der Waals surface area contributed by atoms with Gasteiger partial charge in [0, 0.05) is 34.2 Å². The molecule has 1 aromatic rings. The van der Waals surface area contributed by atoms with E-state index in [0.717, 1.165) is 43.9 Å². The van der Waals surface area contributed by atoms with Gasteiger partial charge in [-0.05, 0) is 26.7 Å². The monoisotopic (exact) mass is 349 g/mol. The van der Waals surface area contributed by atoms with Crippen LogP contribution < -0.4 is 10.6 Å². The number of hydrogen-bond acceptors (Lipinski definition) is 4. The lowest BCUT2D eigenvalue weighted by Crippen LogP contribution is -2.49. The minimum Gasteiger partial charge on any atom is -0.357 e. The van der Waals surface area contributed by atoms with Crippen molar-refractivity contribution >= 4 is 11.9 Å². The second kappa shape index (κ2) is 8.31. The molecule has 1 aliphatic carbocycles. The minimum absolute atomic E-state index is 0.206. The van der Waals surface area contributed by atoms with Gasteiger partial charge in [-0.1, -0.05) is 12.8 Å². The third-order valence-corrected chi connectivity index (χ3v) is 4.92. The molecule has 1 saturated carbocycles. The maximum atomic E-state index is 12.7. The molecule has 0 radical (unpaired) electrons. The standard InChI is InChI=1S/C17H31N7O/c1-6-18-16(19-11-14-22-21-13(2)24(14)5)20-12-17(9-7-8-10-17)15(25)23(3)4/h6-12H2,1-5H3,(H2,18,19,20). The normalized spacial score (nSPS) is 16.8. The predicted octanol–water partition coefficient (Wildman–Crippen LogP) is 0.827. The van der Waals surface area contributed by atoms with Crippen molar-refractivity contribution in [2.45, 2.75) is 46.1 Å². The van der Waals surface area contributed by atoms with Gasteiger partial charge < -0.3 is 20.1 Å². The van der Waals surface area contributed by atoms with Crippen LogP contribution in [0.2, 0.25) is 0 Å². The van der Waals surface area contributed by atoms with Crippen LogP contribution in [-0.4, -0.2) is 58.7 Å². The van der Waals surface area contributed by atoms with Crippen LogP contribution >= 0.6 is 0 Å². The first-order valence-corrected chi connectivity index (χ1v) is 8.98. The van der Waals surface area contributed by atoms with Gasteiger partial charge in [-0.3, -0.25) is 4.79 Å². The van der Waals surface area contributed by atoms with Crippen LogP contribution in [0.15, 0.2) is 4.99 Å². The molecule has 25 heavy (non-hydrogen) atoms. The minimum atomic E-state index is -0.318. The summed E-state index contributed by atoms with van der Waals surface area (Å²) >= 11 is 0. The Kier molecular flexibility index (Phi) is 6.39. The molecule has 0 atom stereocenters. The molecule has 0 bridgehead atoms. The smallest absolute Gasteiger partial charge is 0.230 e. The molecule has 0 aliphatic heterocycles. The number of guanidine groups is 1. The van der Waals surface area contributed by atoms with Gasteiger partial charge in [-0.25, -0.2) is 4.99 Å². The lowest BCUT2D eigenvalue weighted by molar-refractivity contribution is -0.138. The molecule has 0 unspecified atom stereocenters. The highest BCUT2D eigenvalue weighted by atomic mass is 16.2. The third-order valence-electron chi connectivity index (χ3n) is 4.92. The Labute approximate surface area is 150 Å². The molecule has 0 saturated heterocycles. The van der Waals surface area contributed by atoms with E-state index in [1.54, 1.807) is 4.90 Å². The van der Waals surface area contributed by atoms with Gasteiger partial charge in [0.05, 0.1) is 5.41 Å². The van der Waals surface area contributed by atoms with E-state index >= 15 is 0 Å². The first-order valence-electron chi connectivity index (χ1n) is 8.98. The summed E-state index contributed by atoms with van der Waals surface area (Å²) in [4.78, 5) is 19.0. The summed E-state index contributed by atoms with van der Waals surface area (Å²) in [5.41, 5.74) is -0.318. The molecular formula is C17H31N7O. The van der Waals surface area contributed by atoms with Crippen molar-refractivity contribution in [2.75, 3.05) is 27.2 Å². The Morgan fingerprint density at radius 1 is 1.28 bits per heavy atom. The van der Waals surface area contributed by atoms with Crippen LogP contribution in [0, 0.1) is 12.3 Å². The molecule has 140 valence electrons. The number of carbonyl (C=O) groups excluding carboxylic acids is 1. The Balaban J connectivity index is 2.06. The van der Waals surface area contributed by atoms with E-state index in [4.69, 9.17) is 0 Å². The number of hydrogen-bond donors (Lipinski definition) is 2. The summed E-state index contributed by atoms with van der Waals surface area (Å²) in [5, 5.41) is 14.8. The maximum absolute atomic E-state index is 12.7. The Morgan fingerprint density at radius 3 is 2.48 bits per heavy atom. The topological polar surface area (TPSA) is 87.4 Å².